The molecule has 1 amide bonds. The van der Waals surface area contributed by atoms with Gasteiger partial charge in [0, 0.05) is 12.6 Å². The number of carbonyl (C=O) groups is 1. The van der Waals surface area contributed by atoms with Gasteiger partial charge < -0.3 is 9.64 Å². The first-order valence-corrected chi connectivity index (χ1v) is 6.12. The number of ether oxygens (including phenoxy) is 1. The molecule has 104 valence electrons. The molecule has 1 heterocycles. The van der Waals surface area contributed by atoms with Gasteiger partial charge in [0.15, 0.2) is 0 Å². The Labute approximate surface area is 115 Å². The van der Waals surface area contributed by atoms with E-state index in [4.69, 9.17) is 10.00 Å². The summed E-state index contributed by atoms with van der Waals surface area (Å²) in [5.41, 5.74) is -0.144. The van der Waals surface area contributed by atoms with Gasteiger partial charge in [-0.1, -0.05) is 6.07 Å². The van der Waals surface area contributed by atoms with Crippen LogP contribution in [0.5, 0.6) is 5.75 Å². The van der Waals surface area contributed by atoms with Crippen molar-refractivity contribution in [1.29, 1.82) is 5.26 Å². The molecule has 0 aliphatic carbocycles. The van der Waals surface area contributed by atoms with Crippen LogP contribution in [-0.4, -0.2) is 35.4 Å². The Morgan fingerprint density at radius 2 is 2.35 bits per heavy atom. The number of para-hydroxylation sites is 1. The third-order valence-electron chi connectivity index (χ3n) is 3.29. The van der Waals surface area contributed by atoms with Gasteiger partial charge in [0.1, 0.15) is 6.04 Å². The molecular formula is C13H13N3O4. The van der Waals surface area contributed by atoms with Gasteiger partial charge in [-0.25, -0.2) is 0 Å². The van der Waals surface area contributed by atoms with E-state index in [0.29, 0.717) is 13.0 Å². The number of carbonyl (C=O) groups excluding carboxylic acids is 1. The minimum Gasteiger partial charge on any atom is -0.490 e. The third-order valence-corrected chi connectivity index (χ3v) is 3.29. The Balaban J connectivity index is 2.42. The van der Waals surface area contributed by atoms with E-state index in [1.54, 1.807) is 0 Å². The van der Waals surface area contributed by atoms with Crippen molar-refractivity contribution in [3.63, 3.8) is 0 Å². The number of benzene rings is 1. The number of likely N-dealkylation sites (tertiary alicyclic amines) is 1. The number of hydrogen-bond donors (Lipinski definition) is 0. The fourth-order valence-electron chi connectivity index (χ4n) is 2.35. The van der Waals surface area contributed by atoms with E-state index < -0.39 is 16.9 Å². The summed E-state index contributed by atoms with van der Waals surface area (Å²) in [6, 6.07) is 5.78. The van der Waals surface area contributed by atoms with Crippen LogP contribution in [0.3, 0.4) is 0 Å². The summed E-state index contributed by atoms with van der Waals surface area (Å²) in [7, 11) is 1.28. The van der Waals surface area contributed by atoms with E-state index in [2.05, 4.69) is 6.07 Å². The van der Waals surface area contributed by atoms with Gasteiger partial charge in [-0.05, 0) is 18.9 Å². The summed E-state index contributed by atoms with van der Waals surface area (Å²) in [5.74, 6) is -0.472. The fourth-order valence-corrected chi connectivity index (χ4v) is 2.35. The quantitative estimate of drug-likeness (QED) is 0.618. The zero-order chi connectivity index (χ0) is 14.7. The second-order valence-electron chi connectivity index (χ2n) is 4.40. The standard InChI is InChI=1S/C13H13N3O4/c1-20-12-10(5-2-6-11(12)16(18)19)13(17)15-7-3-4-9(15)8-14/h2,5-6,9H,3-4,7H2,1H3. The molecule has 0 spiro atoms. The van der Waals surface area contributed by atoms with Crippen molar-refractivity contribution in [2.75, 3.05) is 13.7 Å². The van der Waals surface area contributed by atoms with Crippen molar-refractivity contribution in [2.45, 2.75) is 18.9 Å². The van der Waals surface area contributed by atoms with E-state index in [9.17, 15) is 14.9 Å². The van der Waals surface area contributed by atoms with Gasteiger partial charge in [0.25, 0.3) is 5.91 Å². The maximum absolute atomic E-state index is 12.4. The van der Waals surface area contributed by atoms with Crippen LogP contribution < -0.4 is 4.74 Å². The van der Waals surface area contributed by atoms with Crippen LogP contribution in [0.25, 0.3) is 0 Å². The zero-order valence-electron chi connectivity index (χ0n) is 10.9. The summed E-state index contributed by atoms with van der Waals surface area (Å²) < 4.78 is 5.02. The zero-order valence-corrected chi connectivity index (χ0v) is 10.9. The Bertz CT molecular complexity index is 594. The molecule has 1 unspecified atom stereocenters. The number of hydrogen-bond acceptors (Lipinski definition) is 5. The normalized spacial score (nSPS) is 17.6. The van der Waals surface area contributed by atoms with E-state index in [0.717, 1.165) is 6.42 Å². The van der Waals surface area contributed by atoms with Crippen LogP contribution >= 0.6 is 0 Å². The number of amides is 1. The van der Waals surface area contributed by atoms with Crippen molar-refractivity contribution in [3.8, 4) is 11.8 Å². The van der Waals surface area contributed by atoms with Crippen LogP contribution in [0, 0.1) is 21.4 Å². The molecule has 1 fully saturated rings. The molecule has 1 aliphatic heterocycles. The first kappa shape index (κ1) is 13.8. The van der Waals surface area contributed by atoms with E-state index in [1.807, 2.05) is 0 Å². The summed E-state index contributed by atoms with van der Waals surface area (Å²) in [6.07, 6.45) is 1.38. The number of rotatable bonds is 3. The molecule has 7 nitrogen and oxygen atoms in total. The lowest BCUT2D eigenvalue weighted by Gasteiger charge is -2.20. The van der Waals surface area contributed by atoms with Crippen LogP contribution in [0.2, 0.25) is 0 Å². The number of nitro benzene ring substituents is 1. The highest BCUT2D eigenvalue weighted by Crippen LogP contribution is 2.32. The second-order valence-corrected chi connectivity index (χ2v) is 4.40. The maximum Gasteiger partial charge on any atom is 0.311 e. The van der Waals surface area contributed by atoms with Crippen molar-refractivity contribution in [2.24, 2.45) is 0 Å². The van der Waals surface area contributed by atoms with E-state index >= 15 is 0 Å². The minimum atomic E-state index is -0.596. The van der Waals surface area contributed by atoms with Crippen LogP contribution in [0.1, 0.15) is 23.2 Å². The van der Waals surface area contributed by atoms with Crippen molar-refractivity contribution in [1.82, 2.24) is 4.90 Å². The average molecular weight is 275 g/mol. The van der Waals surface area contributed by atoms with Gasteiger partial charge in [0.2, 0.25) is 5.75 Å². The Hall–Kier alpha value is -2.62. The van der Waals surface area contributed by atoms with E-state index in [-0.39, 0.29) is 17.0 Å². The highest BCUT2D eigenvalue weighted by molar-refractivity contribution is 5.98. The lowest BCUT2D eigenvalue weighted by atomic mass is 10.1. The average Bonchev–Trinajstić information content (AvgIpc) is 2.93. The van der Waals surface area contributed by atoms with Crippen LogP contribution in [0.15, 0.2) is 18.2 Å². The SMILES string of the molecule is COc1c(C(=O)N2CCCC2C#N)cccc1[N+](=O)[O-]. The molecule has 0 saturated carbocycles. The lowest BCUT2D eigenvalue weighted by molar-refractivity contribution is -0.385. The molecule has 1 aliphatic rings. The van der Waals surface area contributed by atoms with E-state index in [1.165, 1.54) is 30.2 Å². The third kappa shape index (κ3) is 2.28. The number of nitrogens with zero attached hydrogens (tertiary/aromatic N) is 3. The summed E-state index contributed by atoms with van der Waals surface area (Å²) in [6.45, 7) is 0.475. The topological polar surface area (TPSA) is 96.5 Å². The molecule has 0 bridgehead atoms. The molecule has 1 aromatic carbocycles. The highest BCUT2D eigenvalue weighted by Gasteiger charge is 2.32. The predicted octanol–water partition coefficient (Wildman–Crippen LogP) is 1.73. The number of methoxy groups -OCH3 is 1. The summed E-state index contributed by atoms with van der Waals surface area (Å²) in [5, 5.41) is 20.0. The minimum absolute atomic E-state index is 0.0638. The Kier molecular flexibility index (Phi) is 3.84. The summed E-state index contributed by atoms with van der Waals surface area (Å²) >= 11 is 0. The van der Waals surface area contributed by atoms with Gasteiger partial charge in [-0.2, -0.15) is 5.26 Å². The molecule has 0 radical (unpaired) electrons. The first-order chi connectivity index (χ1) is 9.60. The molecular weight excluding hydrogens is 262 g/mol. The van der Waals surface area contributed by atoms with Gasteiger partial charge in [-0.3, -0.25) is 14.9 Å². The lowest BCUT2D eigenvalue weighted by Crippen LogP contribution is -2.34. The second kappa shape index (κ2) is 5.57. The number of nitriles is 1. The molecule has 20 heavy (non-hydrogen) atoms. The summed E-state index contributed by atoms with van der Waals surface area (Å²) in [4.78, 5) is 24.2. The van der Waals surface area contributed by atoms with Crippen molar-refractivity contribution < 1.29 is 14.5 Å². The van der Waals surface area contributed by atoms with Gasteiger partial charge >= 0.3 is 5.69 Å². The van der Waals surface area contributed by atoms with Gasteiger partial charge in [0.05, 0.1) is 23.7 Å². The molecule has 1 aromatic rings. The number of nitro groups is 1. The Morgan fingerprint density at radius 3 is 2.95 bits per heavy atom. The molecule has 1 atom stereocenters. The van der Waals surface area contributed by atoms with Crippen LogP contribution in [-0.2, 0) is 0 Å². The highest BCUT2D eigenvalue weighted by atomic mass is 16.6. The Morgan fingerprint density at radius 1 is 1.60 bits per heavy atom. The molecule has 7 heteroatoms. The molecule has 2 rings (SSSR count). The predicted molar refractivity (Wildman–Crippen MR) is 69.3 cm³/mol. The van der Waals surface area contributed by atoms with Crippen molar-refractivity contribution in [3.05, 3.63) is 33.9 Å². The van der Waals surface area contributed by atoms with Crippen molar-refractivity contribution >= 4 is 11.6 Å². The smallest absolute Gasteiger partial charge is 0.311 e. The molecule has 0 N–H and O–H groups in total. The molecule has 0 aromatic heterocycles. The fraction of sp³-hybridized carbons (Fsp3) is 0.385. The first-order valence-electron chi connectivity index (χ1n) is 6.12. The molecule has 1 saturated heterocycles. The monoisotopic (exact) mass is 275 g/mol. The maximum atomic E-state index is 12.4. The van der Waals surface area contributed by atoms with Gasteiger partial charge in [-0.15, -0.1) is 0 Å². The van der Waals surface area contributed by atoms with Crippen LogP contribution in [0.4, 0.5) is 5.69 Å². The largest absolute Gasteiger partial charge is 0.490 e.